The third-order valence-corrected chi connectivity index (χ3v) is 6.76. The summed E-state index contributed by atoms with van der Waals surface area (Å²) in [5.41, 5.74) is -0.708. The number of aryl methyl sites for hydroxylation is 1. The maximum Gasteiger partial charge on any atom is 0.325 e. The van der Waals surface area contributed by atoms with Crippen LogP contribution in [0.25, 0.3) is 10.1 Å². The number of halogens is 1. The molecule has 4 amide bonds. The third kappa shape index (κ3) is 4.05. The van der Waals surface area contributed by atoms with Gasteiger partial charge in [-0.2, -0.15) is 0 Å². The Morgan fingerprint density at radius 2 is 2.13 bits per heavy atom. The van der Waals surface area contributed by atoms with E-state index >= 15 is 0 Å². The number of hydrogen-bond donors (Lipinski definition) is 2. The first kappa shape index (κ1) is 22.2. The van der Waals surface area contributed by atoms with Crippen LogP contribution >= 0.6 is 22.9 Å². The number of benzene rings is 1. The van der Waals surface area contributed by atoms with Gasteiger partial charge in [0.15, 0.2) is 5.78 Å². The van der Waals surface area contributed by atoms with Gasteiger partial charge in [-0.25, -0.2) is 9.86 Å². The molecule has 160 valence electrons. The van der Waals surface area contributed by atoms with Crippen LogP contribution in [0.15, 0.2) is 18.2 Å². The normalized spacial score (nSPS) is 18.7. The molecular formula is C20H22ClN3O5S. The molecule has 8 nitrogen and oxygen atoms in total. The molecule has 1 fully saturated rings. The van der Waals surface area contributed by atoms with E-state index in [1.165, 1.54) is 11.3 Å². The average Bonchev–Trinajstić information content (AvgIpc) is 3.15. The summed E-state index contributed by atoms with van der Waals surface area (Å²) in [5, 5.41) is 14.0. The molecule has 0 radical (unpaired) electrons. The van der Waals surface area contributed by atoms with Gasteiger partial charge >= 0.3 is 6.03 Å². The number of unbranched alkanes of at least 4 members (excludes halogenated alkanes) is 1. The number of rotatable bonds is 9. The monoisotopic (exact) mass is 451 g/mol. The number of carbonyl (C=O) groups is 4. The summed E-state index contributed by atoms with van der Waals surface area (Å²) in [6.07, 6.45) is 1.76. The molecule has 1 aliphatic rings. The molecule has 1 unspecified atom stereocenters. The summed E-state index contributed by atoms with van der Waals surface area (Å²) >= 11 is 7.33. The van der Waals surface area contributed by atoms with E-state index in [0.717, 1.165) is 27.0 Å². The Labute approximate surface area is 182 Å². The van der Waals surface area contributed by atoms with E-state index < -0.39 is 24.0 Å². The van der Waals surface area contributed by atoms with Crippen LogP contribution in [0.4, 0.5) is 4.79 Å². The van der Waals surface area contributed by atoms with Crippen LogP contribution in [0.3, 0.4) is 0 Å². The van der Waals surface area contributed by atoms with Gasteiger partial charge in [0, 0.05) is 9.72 Å². The average molecular weight is 452 g/mol. The molecule has 1 saturated heterocycles. The van der Waals surface area contributed by atoms with Crippen molar-refractivity contribution >= 4 is 57.2 Å². The molecule has 2 N–H and O–H groups in total. The van der Waals surface area contributed by atoms with Crippen LogP contribution < -0.4 is 5.32 Å². The van der Waals surface area contributed by atoms with Crippen LogP contribution in [-0.2, 0) is 9.59 Å². The van der Waals surface area contributed by atoms with Gasteiger partial charge in [-0.1, -0.05) is 31.4 Å². The van der Waals surface area contributed by atoms with Crippen LogP contribution in [0.1, 0.15) is 41.4 Å². The number of hydrogen-bond acceptors (Lipinski definition) is 6. The lowest BCUT2D eigenvalue weighted by molar-refractivity contribution is -0.157. The fraction of sp³-hybridized carbons (Fsp3) is 0.400. The minimum Gasteiger partial charge on any atom is -0.321 e. The van der Waals surface area contributed by atoms with Crippen molar-refractivity contribution in [2.45, 2.75) is 38.6 Å². The first-order valence-corrected chi connectivity index (χ1v) is 10.7. The number of ketones is 1. The molecular weight excluding hydrogens is 430 g/mol. The Morgan fingerprint density at radius 1 is 1.40 bits per heavy atom. The van der Waals surface area contributed by atoms with Crippen molar-refractivity contribution < 1.29 is 24.4 Å². The van der Waals surface area contributed by atoms with Crippen molar-refractivity contribution in [1.29, 1.82) is 0 Å². The second-order valence-corrected chi connectivity index (χ2v) is 8.82. The molecule has 10 heteroatoms. The molecule has 30 heavy (non-hydrogen) atoms. The summed E-state index contributed by atoms with van der Waals surface area (Å²) in [4.78, 5) is 50.8. The fourth-order valence-corrected chi connectivity index (χ4v) is 4.93. The maximum atomic E-state index is 13.1. The lowest BCUT2D eigenvalue weighted by Gasteiger charge is -2.28. The quantitative estimate of drug-likeness (QED) is 0.200. The summed E-state index contributed by atoms with van der Waals surface area (Å²) in [6, 6.07) is 4.62. The van der Waals surface area contributed by atoms with E-state index in [1.807, 2.05) is 13.0 Å². The Hall–Kier alpha value is -2.49. The zero-order valence-corrected chi connectivity index (χ0v) is 18.2. The Bertz CT molecular complexity index is 1020. The molecule has 0 aliphatic carbocycles. The second kappa shape index (κ2) is 8.71. The molecule has 1 aromatic heterocycles. The van der Waals surface area contributed by atoms with Gasteiger partial charge in [0.05, 0.1) is 18.0 Å². The predicted molar refractivity (Wildman–Crippen MR) is 113 cm³/mol. The number of imide groups is 1. The predicted octanol–water partition coefficient (Wildman–Crippen LogP) is 3.37. The highest BCUT2D eigenvalue weighted by Crippen LogP contribution is 2.33. The highest BCUT2D eigenvalue weighted by Gasteiger charge is 2.52. The molecule has 0 bridgehead atoms. The van der Waals surface area contributed by atoms with E-state index in [0.29, 0.717) is 21.4 Å². The van der Waals surface area contributed by atoms with Crippen molar-refractivity contribution in [3.8, 4) is 0 Å². The smallest absolute Gasteiger partial charge is 0.321 e. The maximum absolute atomic E-state index is 13.1. The van der Waals surface area contributed by atoms with Gasteiger partial charge < -0.3 is 5.32 Å². The largest absolute Gasteiger partial charge is 0.325 e. The summed E-state index contributed by atoms with van der Waals surface area (Å²) in [5.74, 6) is -0.993. The SMILES string of the molecule is CCCCC1(CN(O)C=O)NC(=O)N(CC(=O)c2sc3ccc(Cl)cc3c2C)C1=O. The number of nitrogens with zero attached hydrogens (tertiary/aromatic N) is 2. The zero-order valence-electron chi connectivity index (χ0n) is 16.6. The number of carbonyl (C=O) groups excluding carboxylic acids is 4. The zero-order chi connectivity index (χ0) is 22.1. The highest BCUT2D eigenvalue weighted by molar-refractivity contribution is 7.21. The number of thiophene rings is 1. The van der Waals surface area contributed by atoms with Crippen molar-refractivity contribution in [2.75, 3.05) is 13.1 Å². The summed E-state index contributed by atoms with van der Waals surface area (Å²) < 4.78 is 0.886. The van der Waals surface area contributed by atoms with Crippen molar-refractivity contribution in [3.63, 3.8) is 0 Å². The standard InChI is InChI=1S/C20H22ClN3O5S/c1-3-4-7-20(10-23(29)11-25)18(27)24(19(28)22-20)9-15(26)17-12(2)14-8-13(21)5-6-16(14)30-17/h5-6,8,11,29H,3-4,7,9-10H2,1-2H3,(H,22,28). The molecule has 3 rings (SSSR count). The lowest BCUT2D eigenvalue weighted by atomic mass is 9.92. The van der Waals surface area contributed by atoms with E-state index in [-0.39, 0.29) is 25.2 Å². The number of fused-ring (bicyclic) bond motifs is 1. The Balaban J connectivity index is 1.86. The van der Waals surface area contributed by atoms with E-state index in [9.17, 15) is 24.4 Å². The topological polar surface area (TPSA) is 107 Å². The minimum absolute atomic E-state index is 0.173. The number of nitrogens with one attached hydrogen (secondary N) is 1. The molecule has 0 spiro atoms. The Kier molecular flexibility index (Phi) is 6.44. The summed E-state index contributed by atoms with van der Waals surface area (Å²) in [7, 11) is 0. The Morgan fingerprint density at radius 3 is 2.80 bits per heavy atom. The van der Waals surface area contributed by atoms with Gasteiger partial charge in [-0.15, -0.1) is 11.3 Å². The number of urea groups is 1. The highest BCUT2D eigenvalue weighted by atomic mass is 35.5. The van der Waals surface area contributed by atoms with Crippen LogP contribution in [0.5, 0.6) is 0 Å². The van der Waals surface area contributed by atoms with Crippen molar-refractivity contribution in [2.24, 2.45) is 0 Å². The lowest BCUT2D eigenvalue weighted by Crippen LogP contribution is -2.54. The molecule has 0 saturated carbocycles. The van der Waals surface area contributed by atoms with E-state index in [2.05, 4.69) is 5.32 Å². The van der Waals surface area contributed by atoms with Crippen molar-refractivity contribution in [3.05, 3.63) is 33.7 Å². The van der Waals surface area contributed by atoms with Crippen LogP contribution in [-0.4, -0.2) is 57.9 Å². The molecule has 1 atom stereocenters. The number of amides is 4. The third-order valence-electron chi connectivity index (χ3n) is 5.21. The van der Waals surface area contributed by atoms with Gasteiger partial charge in [0.25, 0.3) is 5.91 Å². The fourth-order valence-electron chi connectivity index (χ4n) is 3.64. The van der Waals surface area contributed by atoms with Crippen LogP contribution in [0.2, 0.25) is 5.02 Å². The number of Topliss-reactive ketones (excluding diaryl/α,β-unsaturated/α-hetero) is 1. The first-order chi connectivity index (χ1) is 14.2. The molecule has 2 aromatic rings. The minimum atomic E-state index is -1.45. The number of hydroxylamine groups is 2. The second-order valence-electron chi connectivity index (χ2n) is 7.33. The molecule has 1 aliphatic heterocycles. The molecule has 2 heterocycles. The van der Waals surface area contributed by atoms with Gasteiger partial charge in [0.2, 0.25) is 6.41 Å². The van der Waals surface area contributed by atoms with Gasteiger partial charge in [-0.3, -0.25) is 24.5 Å². The first-order valence-electron chi connectivity index (χ1n) is 9.49. The van der Waals surface area contributed by atoms with E-state index in [1.54, 1.807) is 19.1 Å². The molecule has 1 aromatic carbocycles. The van der Waals surface area contributed by atoms with Crippen LogP contribution in [0, 0.1) is 6.92 Å². The van der Waals surface area contributed by atoms with Gasteiger partial charge in [0.1, 0.15) is 5.54 Å². The summed E-state index contributed by atoms with van der Waals surface area (Å²) in [6.45, 7) is 2.91. The van der Waals surface area contributed by atoms with E-state index in [4.69, 9.17) is 11.6 Å². The van der Waals surface area contributed by atoms with Crippen molar-refractivity contribution in [1.82, 2.24) is 15.3 Å². The van der Waals surface area contributed by atoms with Gasteiger partial charge in [-0.05, 0) is 42.5 Å².